The first-order chi connectivity index (χ1) is 8.04. The van der Waals surface area contributed by atoms with Crippen LogP contribution in [0.25, 0.3) is 0 Å². The molecule has 1 aliphatic heterocycles. The van der Waals surface area contributed by atoms with Crippen LogP contribution in [0.3, 0.4) is 0 Å². The first-order valence-corrected chi connectivity index (χ1v) is 5.39. The fraction of sp³-hybridized carbons (Fsp3) is 0.636. The molecular weight excluding hydrogens is 224 g/mol. The highest BCUT2D eigenvalue weighted by atomic mass is 16.5. The Bertz CT molecular complexity index is 437. The zero-order valence-corrected chi connectivity index (χ0v) is 10.0. The molecule has 1 atom stereocenters. The number of carbonyl (C=O) groups excluding carboxylic acids is 2. The third-order valence-electron chi connectivity index (χ3n) is 3.24. The van der Waals surface area contributed by atoms with Crippen molar-refractivity contribution in [3.63, 3.8) is 0 Å². The molecule has 0 saturated heterocycles. The van der Waals surface area contributed by atoms with Crippen molar-refractivity contribution in [1.29, 1.82) is 0 Å². The minimum Gasteiger partial charge on any atom is -0.466 e. The summed E-state index contributed by atoms with van der Waals surface area (Å²) in [6.45, 7) is 1.80. The molecule has 0 bridgehead atoms. The second kappa shape index (κ2) is 3.94. The molecule has 2 rings (SSSR count). The van der Waals surface area contributed by atoms with E-state index in [9.17, 15) is 9.59 Å². The summed E-state index contributed by atoms with van der Waals surface area (Å²) in [5.41, 5.74) is -0.556. The van der Waals surface area contributed by atoms with E-state index in [1.165, 1.54) is 14.2 Å². The second-order valence-electron chi connectivity index (χ2n) is 4.33. The lowest BCUT2D eigenvalue weighted by Crippen LogP contribution is -2.32. The molecule has 0 amide bonds. The molecule has 1 aliphatic carbocycles. The third kappa shape index (κ3) is 1.73. The first-order valence-electron chi connectivity index (χ1n) is 5.39. The molecule has 1 saturated carbocycles. The van der Waals surface area contributed by atoms with Crippen LogP contribution in [0.4, 0.5) is 0 Å². The number of rotatable bonds is 3. The van der Waals surface area contributed by atoms with Crippen LogP contribution in [0.2, 0.25) is 0 Å². The Labute approximate surface area is 98.7 Å². The summed E-state index contributed by atoms with van der Waals surface area (Å²) in [6.07, 6.45) is 1.95. The predicted molar refractivity (Wildman–Crippen MR) is 57.0 cm³/mol. The molecule has 0 spiro atoms. The molecule has 1 heterocycles. The van der Waals surface area contributed by atoms with Crippen molar-refractivity contribution in [2.75, 3.05) is 14.2 Å². The van der Waals surface area contributed by atoms with Crippen molar-refractivity contribution in [2.45, 2.75) is 25.3 Å². The largest absolute Gasteiger partial charge is 0.466 e. The van der Waals surface area contributed by atoms with Gasteiger partial charge in [0.15, 0.2) is 5.70 Å². The van der Waals surface area contributed by atoms with Gasteiger partial charge in [0.25, 0.3) is 0 Å². The van der Waals surface area contributed by atoms with Crippen molar-refractivity contribution in [2.24, 2.45) is 16.1 Å². The smallest absolute Gasteiger partial charge is 0.359 e. The molecule has 6 heteroatoms. The van der Waals surface area contributed by atoms with Gasteiger partial charge in [-0.05, 0) is 25.7 Å². The Morgan fingerprint density at radius 2 is 1.82 bits per heavy atom. The second-order valence-corrected chi connectivity index (χ2v) is 4.33. The van der Waals surface area contributed by atoms with Crippen LogP contribution >= 0.6 is 0 Å². The fourth-order valence-electron chi connectivity index (χ4n) is 2.07. The van der Waals surface area contributed by atoms with Crippen LogP contribution in [-0.4, -0.2) is 31.7 Å². The molecule has 0 radical (unpaired) electrons. The molecule has 0 aromatic heterocycles. The van der Waals surface area contributed by atoms with E-state index in [0.29, 0.717) is 0 Å². The lowest BCUT2D eigenvalue weighted by atomic mass is 9.87. The van der Waals surface area contributed by atoms with Crippen LogP contribution in [0.5, 0.6) is 0 Å². The zero-order chi connectivity index (χ0) is 12.6. The topological polar surface area (TPSA) is 77.3 Å². The molecule has 0 aromatic carbocycles. The van der Waals surface area contributed by atoms with E-state index in [1.54, 1.807) is 6.92 Å². The summed E-state index contributed by atoms with van der Waals surface area (Å²) in [6, 6.07) is 0. The minimum atomic E-state index is -0.739. The van der Waals surface area contributed by atoms with Gasteiger partial charge in [0.05, 0.1) is 14.2 Å². The van der Waals surface area contributed by atoms with Gasteiger partial charge in [0, 0.05) is 0 Å². The van der Waals surface area contributed by atoms with E-state index in [2.05, 4.69) is 15.0 Å². The Morgan fingerprint density at radius 3 is 2.29 bits per heavy atom. The molecule has 17 heavy (non-hydrogen) atoms. The summed E-state index contributed by atoms with van der Waals surface area (Å²) in [4.78, 5) is 23.3. The van der Waals surface area contributed by atoms with Gasteiger partial charge in [-0.1, -0.05) is 0 Å². The van der Waals surface area contributed by atoms with Crippen molar-refractivity contribution in [1.82, 2.24) is 0 Å². The number of hydrogen-bond acceptors (Lipinski definition) is 6. The highest BCUT2D eigenvalue weighted by Gasteiger charge is 2.52. The van der Waals surface area contributed by atoms with Gasteiger partial charge in [-0.3, -0.25) is 0 Å². The number of carbonyl (C=O) groups is 2. The standard InChI is InChI=1S/C11H14N2O4/c1-11(6-4-5-6)7(9(14)16-2)8(12-13-11)10(15)17-3/h6H,4-5H2,1-3H3. The molecular formula is C11H14N2O4. The molecule has 92 valence electrons. The molecule has 1 fully saturated rings. The van der Waals surface area contributed by atoms with Crippen molar-refractivity contribution in [3.8, 4) is 0 Å². The predicted octanol–water partition coefficient (Wildman–Crippen LogP) is 1.22. The summed E-state index contributed by atoms with van der Waals surface area (Å²) in [5, 5.41) is 7.88. The van der Waals surface area contributed by atoms with E-state index >= 15 is 0 Å². The Hall–Kier alpha value is -1.72. The van der Waals surface area contributed by atoms with E-state index in [-0.39, 0.29) is 17.2 Å². The molecule has 0 aromatic rings. The van der Waals surface area contributed by atoms with Gasteiger partial charge in [-0.15, -0.1) is 5.11 Å². The van der Waals surface area contributed by atoms with E-state index < -0.39 is 17.5 Å². The number of ether oxygens (including phenoxy) is 2. The lowest BCUT2D eigenvalue weighted by Gasteiger charge is -2.21. The van der Waals surface area contributed by atoms with Crippen molar-refractivity contribution in [3.05, 3.63) is 11.3 Å². The highest BCUT2D eigenvalue weighted by Crippen LogP contribution is 2.50. The lowest BCUT2D eigenvalue weighted by molar-refractivity contribution is -0.139. The summed E-state index contributed by atoms with van der Waals surface area (Å²) >= 11 is 0. The molecule has 6 nitrogen and oxygen atoms in total. The number of azo groups is 1. The van der Waals surface area contributed by atoms with E-state index in [1.807, 2.05) is 0 Å². The molecule has 2 aliphatic rings. The first kappa shape index (κ1) is 11.8. The third-order valence-corrected chi connectivity index (χ3v) is 3.24. The van der Waals surface area contributed by atoms with Gasteiger partial charge < -0.3 is 9.47 Å². The van der Waals surface area contributed by atoms with Gasteiger partial charge >= 0.3 is 11.9 Å². The summed E-state index contributed by atoms with van der Waals surface area (Å²) in [7, 11) is 2.52. The van der Waals surface area contributed by atoms with Crippen LogP contribution < -0.4 is 0 Å². The molecule has 1 unspecified atom stereocenters. The van der Waals surface area contributed by atoms with Crippen molar-refractivity contribution >= 4 is 11.9 Å². The van der Waals surface area contributed by atoms with Crippen LogP contribution in [0.15, 0.2) is 21.5 Å². The van der Waals surface area contributed by atoms with Crippen molar-refractivity contribution < 1.29 is 19.1 Å². The number of methoxy groups -OCH3 is 2. The van der Waals surface area contributed by atoms with Gasteiger partial charge in [-0.25, -0.2) is 9.59 Å². The van der Waals surface area contributed by atoms with Gasteiger partial charge in [-0.2, -0.15) is 5.11 Å². The zero-order valence-electron chi connectivity index (χ0n) is 10.0. The van der Waals surface area contributed by atoms with Gasteiger partial charge in [0.2, 0.25) is 0 Å². The Morgan fingerprint density at radius 1 is 1.24 bits per heavy atom. The summed E-state index contributed by atoms with van der Waals surface area (Å²) in [5.74, 6) is -0.967. The number of esters is 2. The molecule has 0 N–H and O–H groups in total. The van der Waals surface area contributed by atoms with Crippen LogP contribution in [-0.2, 0) is 19.1 Å². The van der Waals surface area contributed by atoms with Crippen LogP contribution in [0.1, 0.15) is 19.8 Å². The maximum atomic E-state index is 11.8. The van der Waals surface area contributed by atoms with E-state index in [0.717, 1.165) is 12.8 Å². The SMILES string of the molecule is COC(=O)C1=C(C(=O)OC)C(C)(C2CC2)N=N1. The Kier molecular flexibility index (Phi) is 2.73. The average molecular weight is 238 g/mol. The normalized spacial score (nSPS) is 27.2. The quantitative estimate of drug-likeness (QED) is 0.692. The fourth-order valence-corrected chi connectivity index (χ4v) is 2.07. The maximum Gasteiger partial charge on any atom is 0.359 e. The highest BCUT2D eigenvalue weighted by molar-refractivity contribution is 6.02. The number of hydrogen-bond donors (Lipinski definition) is 0. The maximum absolute atomic E-state index is 11.8. The number of nitrogens with zero attached hydrogens (tertiary/aromatic N) is 2. The summed E-state index contributed by atoms with van der Waals surface area (Å²) < 4.78 is 9.30. The van der Waals surface area contributed by atoms with Gasteiger partial charge in [0.1, 0.15) is 11.1 Å². The average Bonchev–Trinajstić information content (AvgIpc) is 3.12. The minimum absolute atomic E-state index is 0.0336. The monoisotopic (exact) mass is 238 g/mol. The van der Waals surface area contributed by atoms with Crippen LogP contribution in [0, 0.1) is 5.92 Å². The Balaban J connectivity index is 2.46. The van der Waals surface area contributed by atoms with E-state index in [4.69, 9.17) is 4.74 Å².